The van der Waals surface area contributed by atoms with E-state index < -0.39 is 27.6 Å². The number of halogens is 3. The second kappa shape index (κ2) is 8.81. The minimum atomic E-state index is -3.91. The van der Waals surface area contributed by atoms with Crippen LogP contribution in [0.25, 0.3) is 0 Å². The summed E-state index contributed by atoms with van der Waals surface area (Å²) in [5.41, 5.74) is -0.123. The van der Waals surface area contributed by atoms with Gasteiger partial charge in [0.25, 0.3) is 5.91 Å². The molecule has 158 valence electrons. The molecule has 1 amide bonds. The summed E-state index contributed by atoms with van der Waals surface area (Å²) in [6.07, 6.45) is 0. The Morgan fingerprint density at radius 2 is 1.83 bits per heavy atom. The van der Waals surface area contributed by atoms with Crippen LogP contribution in [-0.4, -0.2) is 32.7 Å². The first-order valence-electron chi connectivity index (χ1n) is 8.62. The third-order valence-electron chi connectivity index (χ3n) is 4.28. The van der Waals surface area contributed by atoms with Crippen LogP contribution in [0.3, 0.4) is 0 Å². The Morgan fingerprint density at radius 1 is 1.10 bits per heavy atom. The molecule has 0 atom stereocenters. The number of carbonyl (C=O) groups is 1. The van der Waals surface area contributed by atoms with E-state index in [1.807, 2.05) is 5.38 Å². The molecule has 0 aliphatic carbocycles. The second-order valence-electron chi connectivity index (χ2n) is 6.50. The average Bonchev–Trinajstić information content (AvgIpc) is 3.19. The highest BCUT2D eigenvalue weighted by molar-refractivity contribution is 7.89. The zero-order chi connectivity index (χ0) is 22.1. The van der Waals surface area contributed by atoms with Crippen LogP contribution in [0, 0.1) is 11.6 Å². The summed E-state index contributed by atoms with van der Waals surface area (Å²) in [4.78, 5) is 14.9. The number of carbonyl (C=O) groups excluding carboxylic acids is 1. The van der Waals surface area contributed by atoms with Gasteiger partial charge in [0.05, 0.1) is 17.3 Å². The normalized spacial score (nSPS) is 11.7. The highest BCUT2D eigenvalue weighted by Crippen LogP contribution is 2.29. The van der Waals surface area contributed by atoms with Crippen molar-refractivity contribution in [3.05, 3.63) is 81.0 Å². The van der Waals surface area contributed by atoms with Crippen LogP contribution in [-0.2, 0) is 16.6 Å². The standard InChI is InChI=1S/C20H17ClF2N2O3S2/c1-24(2)30(27,28)19-10-13(5-7-16(19)21)20(26)25(12-15-4-3-9-29-15)18-8-6-14(22)11-17(18)23/h3-11H,12H2,1-2H3. The maximum atomic E-state index is 14.5. The Bertz CT molecular complexity index is 1180. The Morgan fingerprint density at radius 3 is 2.43 bits per heavy atom. The molecule has 1 heterocycles. The van der Waals surface area contributed by atoms with Crippen molar-refractivity contribution in [3.8, 4) is 0 Å². The zero-order valence-corrected chi connectivity index (χ0v) is 18.4. The van der Waals surface area contributed by atoms with Crippen molar-refractivity contribution in [1.82, 2.24) is 4.31 Å². The predicted molar refractivity (Wildman–Crippen MR) is 114 cm³/mol. The van der Waals surface area contributed by atoms with E-state index in [4.69, 9.17) is 11.6 Å². The summed E-state index contributed by atoms with van der Waals surface area (Å²) in [7, 11) is -1.22. The summed E-state index contributed by atoms with van der Waals surface area (Å²) in [5, 5.41) is 1.77. The Balaban J connectivity index is 2.09. The molecule has 0 aliphatic heterocycles. The molecule has 0 saturated carbocycles. The van der Waals surface area contributed by atoms with Crippen molar-refractivity contribution in [3.63, 3.8) is 0 Å². The Kier molecular flexibility index (Phi) is 6.56. The van der Waals surface area contributed by atoms with Gasteiger partial charge in [-0.15, -0.1) is 11.3 Å². The smallest absolute Gasteiger partial charge is 0.258 e. The van der Waals surface area contributed by atoms with Crippen molar-refractivity contribution in [2.75, 3.05) is 19.0 Å². The van der Waals surface area contributed by atoms with Gasteiger partial charge in [0.2, 0.25) is 10.0 Å². The topological polar surface area (TPSA) is 57.7 Å². The molecule has 0 aliphatic rings. The first kappa shape index (κ1) is 22.4. The SMILES string of the molecule is CN(C)S(=O)(=O)c1cc(C(=O)N(Cc2cccs2)c2ccc(F)cc2F)ccc1Cl. The maximum Gasteiger partial charge on any atom is 0.258 e. The van der Waals surface area contributed by atoms with Crippen LogP contribution in [0.2, 0.25) is 5.02 Å². The molecule has 1 aromatic heterocycles. The number of rotatable bonds is 6. The van der Waals surface area contributed by atoms with E-state index in [0.717, 1.165) is 26.2 Å². The van der Waals surface area contributed by atoms with Gasteiger partial charge in [0, 0.05) is 30.6 Å². The maximum absolute atomic E-state index is 14.5. The number of thiophene rings is 1. The molecule has 0 unspecified atom stereocenters. The molecule has 0 radical (unpaired) electrons. The summed E-state index contributed by atoms with van der Waals surface area (Å²) in [5.74, 6) is -2.33. The van der Waals surface area contributed by atoms with Crippen molar-refractivity contribution in [2.45, 2.75) is 11.4 Å². The Labute approximate surface area is 182 Å². The van der Waals surface area contributed by atoms with E-state index in [-0.39, 0.29) is 27.7 Å². The first-order chi connectivity index (χ1) is 14.1. The van der Waals surface area contributed by atoms with Crippen molar-refractivity contribution < 1.29 is 22.0 Å². The molecule has 10 heteroatoms. The number of anilines is 1. The molecule has 0 bridgehead atoms. The van der Waals surface area contributed by atoms with Crippen LogP contribution in [0.1, 0.15) is 15.2 Å². The van der Waals surface area contributed by atoms with Crippen LogP contribution in [0.5, 0.6) is 0 Å². The van der Waals surface area contributed by atoms with Gasteiger partial charge < -0.3 is 4.90 Å². The molecular weight excluding hydrogens is 454 g/mol. The minimum Gasteiger partial charge on any atom is -0.300 e. The summed E-state index contributed by atoms with van der Waals surface area (Å²) in [6.45, 7) is 0.0252. The summed E-state index contributed by atoms with van der Waals surface area (Å²) in [6, 6.07) is 10.3. The molecule has 0 fully saturated rings. The zero-order valence-electron chi connectivity index (χ0n) is 16.0. The monoisotopic (exact) mass is 470 g/mol. The fourth-order valence-corrected chi connectivity index (χ4v) is 4.80. The van der Waals surface area contributed by atoms with Crippen LogP contribution < -0.4 is 4.90 Å². The van der Waals surface area contributed by atoms with Crippen LogP contribution in [0.4, 0.5) is 14.5 Å². The fraction of sp³-hybridized carbons (Fsp3) is 0.150. The predicted octanol–water partition coefficient (Wildman–Crippen LogP) is 4.78. The highest BCUT2D eigenvalue weighted by Gasteiger charge is 2.26. The highest BCUT2D eigenvalue weighted by atomic mass is 35.5. The van der Waals surface area contributed by atoms with E-state index >= 15 is 0 Å². The molecule has 3 aromatic rings. The number of nitrogens with zero attached hydrogens (tertiary/aromatic N) is 2. The van der Waals surface area contributed by atoms with E-state index in [1.165, 1.54) is 43.6 Å². The Hall–Kier alpha value is -2.33. The van der Waals surface area contributed by atoms with E-state index in [0.29, 0.717) is 6.07 Å². The molecule has 0 saturated heterocycles. The van der Waals surface area contributed by atoms with E-state index in [2.05, 4.69) is 0 Å². The lowest BCUT2D eigenvalue weighted by Gasteiger charge is -2.23. The quantitative estimate of drug-likeness (QED) is 0.521. The molecule has 30 heavy (non-hydrogen) atoms. The van der Waals surface area contributed by atoms with E-state index in [1.54, 1.807) is 12.1 Å². The van der Waals surface area contributed by atoms with Gasteiger partial charge in [-0.1, -0.05) is 17.7 Å². The number of sulfonamides is 1. The number of hydrogen-bond acceptors (Lipinski definition) is 4. The summed E-state index contributed by atoms with van der Waals surface area (Å²) >= 11 is 7.42. The van der Waals surface area contributed by atoms with Gasteiger partial charge >= 0.3 is 0 Å². The van der Waals surface area contributed by atoms with Gasteiger partial charge in [-0.2, -0.15) is 0 Å². The third-order valence-corrected chi connectivity index (χ3v) is 7.43. The van der Waals surface area contributed by atoms with Crippen LogP contribution in [0.15, 0.2) is 58.8 Å². The average molecular weight is 471 g/mol. The van der Waals surface area contributed by atoms with Crippen LogP contribution >= 0.6 is 22.9 Å². The van der Waals surface area contributed by atoms with Gasteiger partial charge in [0.1, 0.15) is 16.5 Å². The first-order valence-corrected chi connectivity index (χ1v) is 11.3. The molecule has 2 aromatic carbocycles. The lowest BCUT2D eigenvalue weighted by molar-refractivity contribution is 0.0984. The largest absolute Gasteiger partial charge is 0.300 e. The molecule has 3 rings (SSSR count). The van der Waals surface area contributed by atoms with Gasteiger partial charge in [0.15, 0.2) is 0 Å². The number of hydrogen-bond donors (Lipinski definition) is 0. The van der Waals surface area contributed by atoms with Gasteiger partial charge in [-0.3, -0.25) is 4.79 Å². The van der Waals surface area contributed by atoms with Gasteiger partial charge in [-0.05, 0) is 41.8 Å². The summed E-state index contributed by atoms with van der Waals surface area (Å²) < 4.78 is 53.9. The molecule has 0 spiro atoms. The molecular formula is C20H17ClF2N2O3S2. The van der Waals surface area contributed by atoms with Crippen molar-refractivity contribution in [1.29, 1.82) is 0 Å². The number of amides is 1. The lowest BCUT2D eigenvalue weighted by atomic mass is 10.1. The second-order valence-corrected chi connectivity index (χ2v) is 10.1. The lowest BCUT2D eigenvalue weighted by Crippen LogP contribution is -2.31. The fourth-order valence-electron chi connectivity index (χ4n) is 2.71. The van der Waals surface area contributed by atoms with Crippen molar-refractivity contribution in [2.24, 2.45) is 0 Å². The third kappa shape index (κ3) is 4.54. The van der Waals surface area contributed by atoms with E-state index in [9.17, 15) is 22.0 Å². The molecule has 0 N–H and O–H groups in total. The minimum absolute atomic E-state index is 0.0000983. The van der Waals surface area contributed by atoms with Gasteiger partial charge in [-0.25, -0.2) is 21.5 Å². The number of benzene rings is 2. The molecule has 5 nitrogen and oxygen atoms in total. The van der Waals surface area contributed by atoms with Crippen molar-refractivity contribution >= 4 is 44.6 Å².